The van der Waals surface area contributed by atoms with Crippen LogP contribution < -0.4 is 5.32 Å². The minimum Gasteiger partial charge on any atom is -0.349 e. The average Bonchev–Trinajstić information content (AvgIpc) is 2.85. The molecule has 0 aliphatic carbocycles. The van der Waals surface area contributed by atoms with Crippen LogP contribution in [-0.2, 0) is 6.42 Å². The Morgan fingerprint density at radius 1 is 1.30 bits per heavy atom. The van der Waals surface area contributed by atoms with Gasteiger partial charge in [0, 0.05) is 22.9 Å². The lowest BCUT2D eigenvalue weighted by Crippen LogP contribution is -2.33. The van der Waals surface area contributed by atoms with Gasteiger partial charge in [-0.3, -0.25) is 4.79 Å². The first-order chi connectivity index (χ1) is 9.06. The first-order valence-electron chi connectivity index (χ1n) is 5.84. The molecular formula is C15H17Cl2NOS. The van der Waals surface area contributed by atoms with Crippen LogP contribution in [0.5, 0.6) is 0 Å². The van der Waals surface area contributed by atoms with Crippen LogP contribution in [0.25, 0.3) is 0 Å². The second-order valence-electron chi connectivity index (χ2n) is 4.29. The van der Waals surface area contributed by atoms with Crippen molar-refractivity contribution < 1.29 is 4.79 Å². The molecule has 2 rings (SSSR count). The lowest BCUT2D eigenvalue weighted by Gasteiger charge is -2.13. The van der Waals surface area contributed by atoms with Crippen molar-refractivity contribution >= 4 is 40.4 Å². The SMILES string of the molecule is C.C[C@H](Cc1cccs1)NC(=O)c1ccc(Cl)c(Cl)c1. The van der Waals surface area contributed by atoms with E-state index in [4.69, 9.17) is 23.2 Å². The van der Waals surface area contributed by atoms with Crippen LogP contribution in [0.4, 0.5) is 0 Å². The third kappa shape index (κ3) is 4.51. The molecule has 0 saturated carbocycles. The summed E-state index contributed by atoms with van der Waals surface area (Å²) in [5.74, 6) is -0.136. The number of hydrogen-bond donors (Lipinski definition) is 1. The van der Waals surface area contributed by atoms with Crippen molar-refractivity contribution in [3.63, 3.8) is 0 Å². The van der Waals surface area contributed by atoms with Gasteiger partial charge in [-0.15, -0.1) is 11.3 Å². The predicted molar refractivity (Wildman–Crippen MR) is 88.1 cm³/mol. The second kappa shape index (κ2) is 7.67. The third-order valence-electron chi connectivity index (χ3n) is 2.65. The third-order valence-corrected chi connectivity index (χ3v) is 4.28. The van der Waals surface area contributed by atoms with Crippen molar-refractivity contribution in [2.45, 2.75) is 26.8 Å². The summed E-state index contributed by atoms with van der Waals surface area (Å²) in [5.41, 5.74) is 0.521. The largest absolute Gasteiger partial charge is 0.349 e. The summed E-state index contributed by atoms with van der Waals surface area (Å²) in [5, 5.41) is 5.82. The van der Waals surface area contributed by atoms with Crippen molar-refractivity contribution in [2.24, 2.45) is 0 Å². The molecular weight excluding hydrogens is 313 g/mol. The van der Waals surface area contributed by atoms with Crippen LogP contribution in [0.3, 0.4) is 0 Å². The summed E-state index contributed by atoms with van der Waals surface area (Å²) < 4.78 is 0. The standard InChI is InChI=1S/C14H13Cl2NOS.CH4/c1-9(7-11-3-2-6-19-11)17-14(18)10-4-5-12(15)13(16)8-10;/h2-6,8-9H,7H2,1H3,(H,17,18);1H4/t9-;/m1./s1. The molecule has 0 unspecified atom stereocenters. The number of hydrogen-bond acceptors (Lipinski definition) is 2. The Balaban J connectivity index is 0.00000200. The van der Waals surface area contributed by atoms with Crippen molar-refractivity contribution in [3.8, 4) is 0 Å². The maximum Gasteiger partial charge on any atom is 0.251 e. The summed E-state index contributed by atoms with van der Waals surface area (Å²) in [4.78, 5) is 13.3. The zero-order valence-electron chi connectivity index (χ0n) is 10.3. The lowest BCUT2D eigenvalue weighted by atomic mass is 10.1. The Morgan fingerprint density at radius 3 is 2.65 bits per heavy atom. The number of carbonyl (C=O) groups excluding carboxylic acids is 1. The fourth-order valence-corrected chi connectivity index (χ4v) is 2.86. The van der Waals surface area contributed by atoms with E-state index < -0.39 is 0 Å². The van der Waals surface area contributed by atoms with E-state index in [1.54, 1.807) is 29.5 Å². The Labute approximate surface area is 133 Å². The highest BCUT2D eigenvalue weighted by molar-refractivity contribution is 7.09. The Kier molecular flexibility index (Phi) is 6.53. The monoisotopic (exact) mass is 329 g/mol. The first kappa shape index (κ1) is 17.0. The molecule has 5 heteroatoms. The molecule has 0 radical (unpaired) electrons. The summed E-state index contributed by atoms with van der Waals surface area (Å²) in [6.45, 7) is 1.98. The number of amides is 1. The summed E-state index contributed by atoms with van der Waals surface area (Å²) in [7, 11) is 0. The van der Waals surface area contributed by atoms with Gasteiger partial charge in [-0.1, -0.05) is 36.7 Å². The van der Waals surface area contributed by atoms with Crippen LogP contribution >= 0.6 is 34.5 Å². The van der Waals surface area contributed by atoms with E-state index in [1.165, 1.54) is 4.88 Å². The highest BCUT2D eigenvalue weighted by Gasteiger charge is 2.12. The summed E-state index contributed by atoms with van der Waals surface area (Å²) in [6.07, 6.45) is 0.824. The van der Waals surface area contributed by atoms with Gasteiger partial charge in [-0.05, 0) is 36.6 Å². The number of nitrogens with one attached hydrogen (secondary N) is 1. The molecule has 1 N–H and O–H groups in total. The van der Waals surface area contributed by atoms with Crippen LogP contribution in [0.2, 0.25) is 10.0 Å². The number of thiophene rings is 1. The smallest absolute Gasteiger partial charge is 0.251 e. The Bertz CT molecular complexity index is 569. The van der Waals surface area contributed by atoms with Crippen molar-refractivity contribution in [1.29, 1.82) is 0 Å². The van der Waals surface area contributed by atoms with E-state index in [2.05, 4.69) is 11.4 Å². The number of benzene rings is 1. The molecule has 1 atom stereocenters. The fourth-order valence-electron chi connectivity index (χ4n) is 1.73. The number of halogens is 2. The molecule has 2 nitrogen and oxygen atoms in total. The van der Waals surface area contributed by atoms with Crippen molar-refractivity contribution in [3.05, 3.63) is 56.2 Å². The molecule has 20 heavy (non-hydrogen) atoms. The molecule has 1 aromatic carbocycles. The highest BCUT2D eigenvalue weighted by Crippen LogP contribution is 2.22. The Morgan fingerprint density at radius 2 is 2.05 bits per heavy atom. The van der Waals surface area contributed by atoms with E-state index in [9.17, 15) is 4.79 Å². The summed E-state index contributed by atoms with van der Waals surface area (Å²) in [6, 6.07) is 9.02. The number of carbonyl (C=O) groups is 1. The van der Waals surface area contributed by atoms with Gasteiger partial charge in [0.15, 0.2) is 0 Å². The minimum absolute atomic E-state index is 0. The molecule has 0 bridgehead atoms. The van der Waals surface area contributed by atoms with E-state index in [-0.39, 0.29) is 19.4 Å². The van der Waals surface area contributed by atoms with E-state index in [0.29, 0.717) is 15.6 Å². The van der Waals surface area contributed by atoms with Crippen molar-refractivity contribution in [2.75, 3.05) is 0 Å². The molecule has 1 heterocycles. The zero-order chi connectivity index (χ0) is 13.8. The number of rotatable bonds is 4. The average molecular weight is 330 g/mol. The molecule has 1 amide bonds. The molecule has 0 fully saturated rings. The zero-order valence-corrected chi connectivity index (χ0v) is 12.6. The molecule has 2 aromatic rings. The van der Waals surface area contributed by atoms with E-state index in [0.717, 1.165) is 6.42 Å². The van der Waals surface area contributed by atoms with Crippen LogP contribution in [0, 0.1) is 0 Å². The molecule has 108 valence electrons. The molecule has 1 aromatic heterocycles. The van der Waals surface area contributed by atoms with Gasteiger partial charge in [-0.25, -0.2) is 0 Å². The van der Waals surface area contributed by atoms with Crippen LogP contribution in [0.15, 0.2) is 35.7 Å². The van der Waals surface area contributed by atoms with Crippen molar-refractivity contribution in [1.82, 2.24) is 5.32 Å². The van der Waals surface area contributed by atoms with E-state index >= 15 is 0 Å². The van der Waals surface area contributed by atoms with Gasteiger partial charge in [-0.2, -0.15) is 0 Å². The van der Waals surface area contributed by atoms with Crippen LogP contribution in [-0.4, -0.2) is 11.9 Å². The first-order valence-corrected chi connectivity index (χ1v) is 7.48. The maximum atomic E-state index is 12.0. The van der Waals surface area contributed by atoms with Gasteiger partial charge in [0.2, 0.25) is 0 Å². The van der Waals surface area contributed by atoms with Gasteiger partial charge in [0.05, 0.1) is 10.0 Å². The highest BCUT2D eigenvalue weighted by atomic mass is 35.5. The van der Waals surface area contributed by atoms with Gasteiger partial charge < -0.3 is 5.32 Å². The minimum atomic E-state index is -0.136. The van der Waals surface area contributed by atoms with Gasteiger partial charge in [0.1, 0.15) is 0 Å². The second-order valence-corrected chi connectivity index (χ2v) is 6.13. The lowest BCUT2D eigenvalue weighted by molar-refractivity contribution is 0.0940. The van der Waals surface area contributed by atoms with Crippen LogP contribution in [0.1, 0.15) is 29.6 Å². The van der Waals surface area contributed by atoms with E-state index in [1.807, 2.05) is 18.4 Å². The molecule has 0 saturated heterocycles. The summed E-state index contributed by atoms with van der Waals surface area (Å²) >= 11 is 13.4. The normalized spacial score (nSPS) is 11.6. The predicted octanol–water partition coefficient (Wildman–Crippen LogP) is 5.05. The molecule has 0 spiro atoms. The Hall–Kier alpha value is -1.03. The fraction of sp³-hybridized carbons (Fsp3) is 0.267. The van der Waals surface area contributed by atoms with Gasteiger partial charge >= 0.3 is 0 Å². The van der Waals surface area contributed by atoms with Gasteiger partial charge in [0.25, 0.3) is 5.91 Å². The molecule has 0 aliphatic rings. The molecule has 0 aliphatic heterocycles. The quantitative estimate of drug-likeness (QED) is 0.835. The topological polar surface area (TPSA) is 29.1 Å². The maximum absolute atomic E-state index is 12.0.